The molecule has 0 bridgehead atoms. The third-order valence-corrected chi connectivity index (χ3v) is 2.56. The molecule has 1 atom stereocenters. The van der Waals surface area contributed by atoms with Gasteiger partial charge in [0.15, 0.2) is 6.39 Å². The third kappa shape index (κ3) is 2.10. The van der Waals surface area contributed by atoms with E-state index in [0.29, 0.717) is 12.5 Å². The summed E-state index contributed by atoms with van der Waals surface area (Å²) in [7, 11) is 0. The van der Waals surface area contributed by atoms with Gasteiger partial charge in [-0.3, -0.25) is 0 Å². The molecule has 13 heavy (non-hydrogen) atoms. The highest BCUT2D eigenvalue weighted by molar-refractivity contribution is 5.13. The molecule has 0 radical (unpaired) electrons. The minimum Gasteiger partial charge on any atom is -0.448 e. The second kappa shape index (κ2) is 3.50. The van der Waals surface area contributed by atoms with Gasteiger partial charge in [0, 0.05) is 12.5 Å². The molecule has 0 spiro atoms. The summed E-state index contributed by atoms with van der Waals surface area (Å²) in [5.41, 5.74) is 6.61. The highest BCUT2D eigenvalue weighted by Gasteiger charge is 2.26. The molecule has 0 saturated heterocycles. The second-order valence-corrected chi connectivity index (χ2v) is 4.46. The zero-order valence-electron chi connectivity index (χ0n) is 8.79. The van der Waals surface area contributed by atoms with Gasteiger partial charge in [-0.1, -0.05) is 27.7 Å². The summed E-state index contributed by atoms with van der Waals surface area (Å²) in [6.07, 6.45) is 1.47. The minimum atomic E-state index is 0.184. The fourth-order valence-electron chi connectivity index (χ4n) is 1.18. The van der Waals surface area contributed by atoms with Crippen LogP contribution in [-0.2, 0) is 6.54 Å². The van der Waals surface area contributed by atoms with Gasteiger partial charge in [0.25, 0.3) is 0 Å². The normalized spacial score (nSPS) is 14.5. The van der Waals surface area contributed by atoms with Gasteiger partial charge >= 0.3 is 0 Å². The van der Waals surface area contributed by atoms with Crippen LogP contribution in [0.2, 0.25) is 0 Å². The van der Waals surface area contributed by atoms with Crippen molar-refractivity contribution in [1.82, 2.24) is 4.98 Å². The van der Waals surface area contributed by atoms with Crippen LogP contribution in [0.5, 0.6) is 0 Å². The molecule has 1 rings (SSSR count). The molecule has 1 unspecified atom stereocenters. The lowest BCUT2D eigenvalue weighted by molar-refractivity contribution is 0.294. The van der Waals surface area contributed by atoms with Gasteiger partial charge in [-0.25, -0.2) is 4.98 Å². The predicted octanol–water partition coefficient (Wildman–Crippen LogP) is 2.28. The van der Waals surface area contributed by atoms with Gasteiger partial charge in [0.1, 0.15) is 5.76 Å². The second-order valence-electron chi connectivity index (χ2n) is 4.46. The van der Waals surface area contributed by atoms with Crippen LogP contribution in [0, 0.1) is 5.41 Å². The van der Waals surface area contributed by atoms with Crippen molar-refractivity contribution in [3.05, 3.63) is 17.8 Å². The van der Waals surface area contributed by atoms with Gasteiger partial charge < -0.3 is 10.2 Å². The van der Waals surface area contributed by atoms with E-state index in [2.05, 4.69) is 32.7 Å². The molecule has 0 aliphatic rings. The van der Waals surface area contributed by atoms with Crippen LogP contribution in [0.3, 0.4) is 0 Å². The maximum absolute atomic E-state index is 5.55. The summed E-state index contributed by atoms with van der Waals surface area (Å²) in [5, 5.41) is 0. The summed E-state index contributed by atoms with van der Waals surface area (Å²) in [4.78, 5) is 4.08. The number of hydrogen-bond donors (Lipinski definition) is 1. The molecule has 0 aliphatic carbocycles. The molecule has 1 aromatic rings. The topological polar surface area (TPSA) is 52.0 Å². The Morgan fingerprint density at radius 3 is 2.62 bits per heavy atom. The van der Waals surface area contributed by atoms with Crippen LogP contribution < -0.4 is 5.73 Å². The summed E-state index contributed by atoms with van der Waals surface area (Å²) in [6.45, 7) is 9.13. The van der Waals surface area contributed by atoms with Crippen LogP contribution in [0.25, 0.3) is 0 Å². The smallest absolute Gasteiger partial charge is 0.181 e. The number of oxazole rings is 1. The van der Waals surface area contributed by atoms with Gasteiger partial charge in [-0.15, -0.1) is 0 Å². The molecule has 1 aromatic heterocycles. The van der Waals surface area contributed by atoms with Gasteiger partial charge in [-0.05, 0) is 5.41 Å². The highest BCUT2D eigenvalue weighted by Crippen LogP contribution is 2.35. The lowest BCUT2D eigenvalue weighted by Gasteiger charge is -2.25. The third-order valence-electron chi connectivity index (χ3n) is 2.56. The van der Waals surface area contributed by atoms with E-state index in [1.807, 2.05) is 0 Å². The first-order valence-corrected chi connectivity index (χ1v) is 4.59. The summed E-state index contributed by atoms with van der Waals surface area (Å²) >= 11 is 0. The lowest BCUT2D eigenvalue weighted by atomic mass is 9.80. The molecule has 0 amide bonds. The number of rotatable bonds is 2. The van der Waals surface area contributed by atoms with E-state index >= 15 is 0 Å². The van der Waals surface area contributed by atoms with E-state index in [1.54, 1.807) is 0 Å². The summed E-state index contributed by atoms with van der Waals surface area (Å²) in [5.74, 6) is 1.27. The van der Waals surface area contributed by atoms with Crippen molar-refractivity contribution < 1.29 is 4.42 Å². The predicted molar refractivity (Wildman–Crippen MR) is 52.3 cm³/mol. The highest BCUT2D eigenvalue weighted by atomic mass is 16.3. The molecular formula is C10H18N2O. The van der Waals surface area contributed by atoms with Crippen LogP contribution in [-0.4, -0.2) is 4.98 Å². The van der Waals surface area contributed by atoms with Crippen molar-refractivity contribution in [3.8, 4) is 0 Å². The first kappa shape index (κ1) is 10.3. The number of aromatic nitrogens is 1. The average molecular weight is 182 g/mol. The zero-order valence-corrected chi connectivity index (χ0v) is 8.79. The van der Waals surface area contributed by atoms with E-state index in [4.69, 9.17) is 10.2 Å². The Hall–Kier alpha value is -0.830. The Labute approximate surface area is 79.3 Å². The molecule has 0 fully saturated rings. The Kier molecular flexibility index (Phi) is 2.76. The Morgan fingerprint density at radius 1 is 1.54 bits per heavy atom. The maximum Gasteiger partial charge on any atom is 0.181 e. The Morgan fingerprint density at radius 2 is 2.15 bits per heavy atom. The van der Waals surface area contributed by atoms with Crippen molar-refractivity contribution in [3.63, 3.8) is 0 Å². The fraction of sp³-hybridized carbons (Fsp3) is 0.700. The summed E-state index contributed by atoms with van der Waals surface area (Å²) < 4.78 is 5.35. The standard InChI is InChI=1S/C10H18N2O/c1-7(10(2,3)4)9-8(5-11)12-6-13-9/h6-7H,5,11H2,1-4H3. The SMILES string of the molecule is CC(c1ocnc1CN)C(C)(C)C. The Balaban J connectivity index is 2.94. The average Bonchev–Trinajstić information content (AvgIpc) is 2.48. The van der Waals surface area contributed by atoms with Crippen LogP contribution in [0.4, 0.5) is 0 Å². The van der Waals surface area contributed by atoms with E-state index in [-0.39, 0.29) is 5.41 Å². The van der Waals surface area contributed by atoms with Gasteiger partial charge in [0.05, 0.1) is 5.69 Å². The van der Waals surface area contributed by atoms with Crippen molar-refractivity contribution in [2.45, 2.75) is 40.2 Å². The first-order chi connectivity index (χ1) is 5.96. The molecular weight excluding hydrogens is 164 g/mol. The van der Waals surface area contributed by atoms with E-state index in [9.17, 15) is 0 Å². The van der Waals surface area contributed by atoms with Gasteiger partial charge in [0.2, 0.25) is 0 Å². The fourth-order valence-corrected chi connectivity index (χ4v) is 1.18. The number of nitrogens with zero attached hydrogens (tertiary/aromatic N) is 1. The maximum atomic E-state index is 5.55. The molecule has 1 heterocycles. The molecule has 0 saturated carbocycles. The van der Waals surface area contributed by atoms with E-state index in [1.165, 1.54) is 6.39 Å². The molecule has 74 valence electrons. The van der Waals surface area contributed by atoms with Crippen LogP contribution in [0.15, 0.2) is 10.8 Å². The van der Waals surface area contributed by atoms with E-state index < -0.39 is 0 Å². The Bertz CT molecular complexity index is 273. The molecule has 3 heteroatoms. The number of hydrogen-bond acceptors (Lipinski definition) is 3. The van der Waals surface area contributed by atoms with Crippen LogP contribution >= 0.6 is 0 Å². The summed E-state index contributed by atoms with van der Waals surface area (Å²) in [6, 6.07) is 0. The number of nitrogens with two attached hydrogens (primary N) is 1. The molecule has 2 N–H and O–H groups in total. The largest absolute Gasteiger partial charge is 0.448 e. The molecule has 3 nitrogen and oxygen atoms in total. The van der Waals surface area contributed by atoms with Crippen molar-refractivity contribution >= 4 is 0 Å². The molecule has 0 aromatic carbocycles. The first-order valence-electron chi connectivity index (χ1n) is 4.59. The van der Waals surface area contributed by atoms with E-state index in [0.717, 1.165) is 11.5 Å². The minimum absolute atomic E-state index is 0.184. The molecule has 0 aliphatic heterocycles. The van der Waals surface area contributed by atoms with Crippen molar-refractivity contribution in [2.24, 2.45) is 11.1 Å². The lowest BCUT2D eigenvalue weighted by Crippen LogP contribution is -2.16. The van der Waals surface area contributed by atoms with Crippen molar-refractivity contribution in [2.75, 3.05) is 0 Å². The van der Waals surface area contributed by atoms with Crippen molar-refractivity contribution in [1.29, 1.82) is 0 Å². The quantitative estimate of drug-likeness (QED) is 0.763. The zero-order chi connectivity index (χ0) is 10.1. The monoisotopic (exact) mass is 182 g/mol. The van der Waals surface area contributed by atoms with Gasteiger partial charge in [-0.2, -0.15) is 0 Å². The van der Waals surface area contributed by atoms with Crippen LogP contribution in [0.1, 0.15) is 45.1 Å².